The van der Waals surface area contributed by atoms with Crippen LogP contribution in [0, 0.1) is 0 Å². The van der Waals surface area contributed by atoms with Crippen LogP contribution >= 0.6 is 0 Å². The molecule has 6 amide bonds. The quantitative estimate of drug-likeness (QED) is 0.0979. The maximum atomic E-state index is 11.1. The van der Waals surface area contributed by atoms with Crippen LogP contribution < -0.4 is 0 Å². The van der Waals surface area contributed by atoms with E-state index in [1.165, 1.54) is 47.5 Å². The van der Waals surface area contributed by atoms with Crippen molar-refractivity contribution in [2.75, 3.05) is 0 Å². The molecule has 0 radical (unpaired) electrons. The molecule has 0 unspecified atom stereocenters. The standard InChI is InChI=1S/C9H11NO5.C8H11NO4.C6H10O2.C5H5NO4.C5H10O.C3H6O.C2H4O.C2H2O.2C2H4.CH2O.CH4/c1-6(11)2-5-9(14)15-10-7(12)3-4-8(10)13;1-2-3-8(12)13-9-6(10)4-5-7(9)11;1-5(7)3-4-6(2)8;7-3-10-6-4(8)1-2-5(6)9;1-3-4-5(2)6;1-3(2)4;2*1-2-3;3*1-2;/h2-5H2,1H3;2-5H2,1H3;3-4H2,1-2H3;3H,1-2H2;3-4H2,1-2H3;1-2H3;2H,1H3;1H2;2*1-2H2;1H2;1H4. The maximum absolute atomic E-state index is 11.1. The highest BCUT2D eigenvalue weighted by molar-refractivity contribution is 6.02. The van der Waals surface area contributed by atoms with Crippen molar-refractivity contribution in [3.05, 3.63) is 32.9 Å². The number of nitrogens with zero attached hydrogens (tertiary/aromatic N) is 3. The van der Waals surface area contributed by atoms with Crippen LogP contribution in [0.25, 0.3) is 0 Å². The van der Waals surface area contributed by atoms with Gasteiger partial charge in [-0.2, -0.15) is 0 Å². The Bertz CT molecular complexity index is 1580. The van der Waals surface area contributed by atoms with E-state index in [9.17, 15) is 67.1 Å². The van der Waals surface area contributed by atoms with Crippen LogP contribution in [0.15, 0.2) is 32.9 Å². The van der Waals surface area contributed by atoms with E-state index < -0.39 is 47.4 Å². The van der Waals surface area contributed by atoms with Crippen LogP contribution in [0.3, 0.4) is 0 Å². The molecule has 0 aromatic heterocycles. The summed E-state index contributed by atoms with van der Waals surface area (Å²) in [6.45, 7) is 31.0. The van der Waals surface area contributed by atoms with Crippen molar-refractivity contribution in [2.24, 2.45) is 0 Å². The monoisotopic (exact) mass is 987 g/mol. The normalized spacial score (nSPS) is 11.7. The summed E-state index contributed by atoms with van der Waals surface area (Å²) in [5.74, 6) is -2.38. The van der Waals surface area contributed by atoms with Gasteiger partial charge < -0.3 is 48.1 Å². The molecule has 23 heteroatoms. The fourth-order valence-corrected chi connectivity index (χ4v) is 3.51. The number of imide groups is 3. The summed E-state index contributed by atoms with van der Waals surface area (Å²) < 4.78 is 0. The molecule has 0 aromatic carbocycles. The van der Waals surface area contributed by atoms with E-state index in [2.05, 4.69) is 47.4 Å². The van der Waals surface area contributed by atoms with Gasteiger partial charge in [-0.3, -0.25) is 33.6 Å². The number of amides is 6. The summed E-state index contributed by atoms with van der Waals surface area (Å²) in [5, 5.41) is 1.52. The van der Waals surface area contributed by atoms with Crippen LogP contribution in [-0.2, 0) is 96.0 Å². The van der Waals surface area contributed by atoms with Gasteiger partial charge in [-0.05, 0) is 67.9 Å². The minimum Gasteiger partial charge on any atom is -0.334 e. The average molecular weight is 988 g/mol. The lowest BCUT2D eigenvalue weighted by Gasteiger charge is -2.11. The van der Waals surface area contributed by atoms with Gasteiger partial charge in [0.25, 0.3) is 35.4 Å². The largest absolute Gasteiger partial charge is 0.334 e. The molecule has 23 nitrogen and oxygen atoms in total. The smallest absolute Gasteiger partial charge is 0.333 e. The van der Waals surface area contributed by atoms with Crippen molar-refractivity contribution in [3.63, 3.8) is 0 Å². The molecule has 392 valence electrons. The molecular formula is C46H73N3O20. The number of hydrogen-bond acceptors (Lipinski definition) is 20. The highest BCUT2D eigenvalue weighted by atomic mass is 16.7. The molecule has 3 aliphatic rings. The zero-order valence-electron chi connectivity index (χ0n) is 40.8. The molecule has 3 saturated heterocycles. The van der Waals surface area contributed by atoms with E-state index in [1.807, 2.05) is 20.6 Å². The number of carbonyl (C=O) groups excluding carboxylic acids is 17. The Hall–Kier alpha value is -7.55. The van der Waals surface area contributed by atoms with Gasteiger partial charge in [-0.1, -0.05) is 21.3 Å². The molecule has 0 N–H and O–H groups in total. The van der Waals surface area contributed by atoms with Gasteiger partial charge in [-0.15, -0.1) is 41.5 Å². The average Bonchev–Trinajstić information content (AvgIpc) is 3.89. The van der Waals surface area contributed by atoms with Gasteiger partial charge in [0, 0.05) is 70.6 Å². The molecule has 0 spiro atoms. The van der Waals surface area contributed by atoms with E-state index in [1.54, 1.807) is 6.92 Å². The number of aldehydes is 1. The third kappa shape index (κ3) is 60.4. The minimum atomic E-state index is -0.742. The Kier molecular flexibility index (Phi) is 69.2. The highest BCUT2D eigenvalue weighted by Crippen LogP contribution is 2.14. The molecule has 0 saturated carbocycles. The van der Waals surface area contributed by atoms with Crippen molar-refractivity contribution in [1.82, 2.24) is 15.2 Å². The zero-order chi connectivity index (χ0) is 55.4. The number of hydroxylamine groups is 6. The van der Waals surface area contributed by atoms with Gasteiger partial charge in [0.15, 0.2) is 0 Å². The maximum Gasteiger partial charge on any atom is 0.333 e. The third-order valence-electron chi connectivity index (χ3n) is 6.12. The first-order chi connectivity index (χ1) is 31.9. The first-order valence-corrected chi connectivity index (χ1v) is 20.2. The summed E-state index contributed by atoms with van der Waals surface area (Å²) in [4.78, 5) is 186. The summed E-state index contributed by atoms with van der Waals surface area (Å²) in [6.07, 6.45) is 4.72. The highest BCUT2D eigenvalue weighted by Gasteiger charge is 2.34. The van der Waals surface area contributed by atoms with Crippen LogP contribution in [0.4, 0.5) is 0 Å². The van der Waals surface area contributed by atoms with Gasteiger partial charge in [0.1, 0.15) is 47.9 Å². The van der Waals surface area contributed by atoms with E-state index in [4.69, 9.17) is 14.4 Å². The Morgan fingerprint density at radius 1 is 0.507 bits per heavy atom. The van der Waals surface area contributed by atoms with Crippen molar-refractivity contribution in [3.8, 4) is 0 Å². The number of Topliss-reactive ketones (excluding diaryl/α,β-unsaturated/α-hetero) is 5. The van der Waals surface area contributed by atoms with E-state index in [-0.39, 0.29) is 101 Å². The predicted octanol–water partition coefficient (Wildman–Crippen LogP) is 4.76. The molecule has 3 fully saturated rings. The lowest BCUT2D eigenvalue weighted by atomic mass is 10.2. The second-order valence-corrected chi connectivity index (χ2v) is 12.5. The second kappa shape index (κ2) is 58.5. The summed E-state index contributed by atoms with van der Waals surface area (Å²) in [5.41, 5.74) is 0. The van der Waals surface area contributed by atoms with Crippen molar-refractivity contribution in [1.29, 1.82) is 0 Å². The summed E-state index contributed by atoms with van der Waals surface area (Å²) in [7, 11) is 0. The first-order valence-electron chi connectivity index (χ1n) is 20.2. The van der Waals surface area contributed by atoms with E-state index in [0.717, 1.165) is 19.1 Å². The van der Waals surface area contributed by atoms with Crippen LogP contribution in [0.2, 0.25) is 0 Å². The van der Waals surface area contributed by atoms with Crippen LogP contribution in [0.1, 0.15) is 160 Å². The fraction of sp³-hybridized carbons (Fsp3) is 0.522. The second-order valence-electron chi connectivity index (χ2n) is 12.5. The number of rotatable bonds is 14. The molecule has 0 aromatic rings. The van der Waals surface area contributed by atoms with E-state index in [0.29, 0.717) is 34.5 Å². The molecular weight excluding hydrogens is 915 g/mol. The summed E-state index contributed by atoms with van der Waals surface area (Å²) >= 11 is 0. The van der Waals surface area contributed by atoms with Crippen molar-refractivity contribution >= 4 is 102 Å². The Balaban J connectivity index is -0.0000000879. The van der Waals surface area contributed by atoms with Crippen LogP contribution in [-0.4, -0.2) is 117 Å². The number of ketones is 5. The molecule has 0 aliphatic carbocycles. The molecule has 3 heterocycles. The zero-order valence-corrected chi connectivity index (χ0v) is 40.8. The topological polar surface area (TPSA) is 328 Å². The number of carbonyl (C=O) groups is 16. The molecule has 3 aliphatic heterocycles. The first kappa shape index (κ1) is 81.6. The molecule has 0 atom stereocenters. The SMILES string of the molecule is C.C=C.C=C.C=C=O.C=O.CC(=O)CCC(=O)ON1C(=O)CCC1=O.CC(=O)CCC(C)=O.CC(C)=O.CC=O.CCCC(=O)ON1C(=O)CCC1=O.CCCC(C)=O.O=CON1C(=O)CCC1=O. The van der Waals surface area contributed by atoms with Crippen molar-refractivity contribution < 1.29 is 96.0 Å². The van der Waals surface area contributed by atoms with Gasteiger partial charge in [-0.25, -0.2) is 14.4 Å². The lowest BCUT2D eigenvalue weighted by Crippen LogP contribution is -2.32. The molecule has 69 heavy (non-hydrogen) atoms. The fourth-order valence-electron chi connectivity index (χ4n) is 3.51. The number of hydrogen-bond donors (Lipinski definition) is 0. The van der Waals surface area contributed by atoms with Gasteiger partial charge in [0.05, 0.1) is 6.42 Å². The summed E-state index contributed by atoms with van der Waals surface area (Å²) in [6, 6.07) is 0. The third-order valence-corrected chi connectivity index (χ3v) is 6.12. The van der Waals surface area contributed by atoms with Gasteiger partial charge >= 0.3 is 18.4 Å². The Labute approximate surface area is 404 Å². The molecule has 3 rings (SSSR count). The van der Waals surface area contributed by atoms with E-state index >= 15 is 0 Å². The predicted molar refractivity (Wildman–Crippen MR) is 249 cm³/mol. The van der Waals surface area contributed by atoms with Crippen LogP contribution in [0.5, 0.6) is 0 Å². The van der Waals surface area contributed by atoms with Crippen molar-refractivity contribution in [2.45, 2.75) is 160 Å². The lowest BCUT2D eigenvalue weighted by molar-refractivity contribution is -0.197. The Morgan fingerprint density at radius 2 is 0.710 bits per heavy atom. The Morgan fingerprint density at radius 3 is 0.899 bits per heavy atom. The molecule has 0 bridgehead atoms. The van der Waals surface area contributed by atoms with Gasteiger partial charge in [0.2, 0.25) is 0 Å². The minimum absolute atomic E-state index is 0.